The molecular weight excluding hydrogens is 577 g/mol. The van der Waals surface area contributed by atoms with Crippen LogP contribution in [0.1, 0.15) is 78.7 Å². The molecule has 4 N–H and O–H groups in total. The van der Waals surface area contributed by atoms with E-state index in [2.05, 4.69) is 5.32 Å². The molecule has 0 bridgehead atoms. The van der Waals surface area contributed by atoms with Crippen molar-refractivity contribution in [3.05, 3.63) is 77.1 Å². The number of benzene rings is 1. The van der Waals surface area contributed by atoms with Gasteiger partial charge in [0.2, 0.25) is 5.91 Å². The smallest absolute Gasteiger partial charge is 0.253 e. The van der Waals surface area contributed by atoms with E-state index in [0.717, 1.165) is 44.2 Å². The molecule has 1 aromatic carbocycles. The van der Waals surface area contributed by atoms with Gasteiger partial charge < -0.3 is 30.0 Å². The number of hydrogen-bond acceptors (Lipinski definition) is 7. The van der Waals surface area contributed by atoms with Gasteiger partial charge in [-0.05, 0) is 74.9 Å². The number of carbonyl (C=O) groups is 2. The molecule has 3 heterocycles. The van der Waals surface area contributed by atoms with Gasteiger partial charge in [-0.3, -0.25) is 9.59 Å². The zero-order chi connectivity index (χ0) is 31.7. The number of nitrogens with one attached hydrogen (secondary N) is 1. The molecule has 0 spiro atoms. The Bertz CT molecular complexity index is 1730. The van der Waals surface area contributed by atoms with E-state index in [1.165, 1.54) is 12.1 Å². The Morgan fingerprint density at radius 2 is 1.84 bits per heavy atom. The molecule has 4 aromatic rings. The topological polar surface area (TPSA) is 141 Å². The number of carbonyl (C=O) groups excluding carboxylic acids is 2. The van der Waals surface area contributed by atoms with Crippen molar-refractivity contribution in [2.75, 3.05) is 20.3 Å². The van der Waals surface area contributed by atoms with Crippen LogP contribution in [0, 0.1) is 11.7 Å². The highest BCUT2D eigenvalue weighted by atomic mass is 19.1. The summed E-state index contributed by atoms with van der Waals surface area (Å²) in [5.74, 6) is -0.333. The molecule has 3 aromatic heterocycles. The van der Waals surface area contributed by atoms with Crippen molar-refractivity contribution in [3.8, 4) is 22.8 Å². The fourth-order valence-electron chi connectivity index (χ4n) is 6.34. The Kier molecular flexibility index (Phi) is 8.46. The van der Waals surface area contributed by atoms with Gasteiger partial charge in [-0.15, -0.1) is 0 Å². The first kappa shape index (κ1) is 30.5. The lowest BCUT2D eigenvalue weighted by molar-refractivity contribution is -0.117. The number of halogens is 1. The van der Waals surface area contributed by atoms with Gasteiger partial charge in [0, 0.05) is 29.4 Å². The van der Waals surface area contributed by atoms with Crippen LogP contribution in [0.2, 0.25) is 0 Å². The normalized spacial score (nSPS) is 16.4. The van der Waals surface area contributed by atoms with Gasteiger partial charge in [0.1, 0.15) is 22.9 Å². The molecule has 11 heteroatoms. The maximum atomic E-state index is 13.9. The summed E-state index contributed by atoms with van der Waals surface area (Å²) in [4.78, 5) is 35.4. The minimum atomic E-state index is -1.58. The summed E-state index contributed by atoms with van der Waals surface area (Å²) in [5.41, 5.74) is 7.67. The Morgan fingerprint density at radius 1 is 1.11 bits per heavy atom. The number of primary amides is 1. The average molecular weight is 616 g/mol. The van der Waals surface area contributed by atoms with Crippen molar-refractivity contribution in [2.24, 2.45) is 11.7 Å². The lowest BCUT2D eigenvalue weighted by Crippen LogP contribution is -2.46. The van der Waals surface area contributed by atoms with Crippen molar-refractivity contribution in [2.45, 2.75) is 63.4 Å². The third kappa shape index (κ3) is 6.22. The summed E-state index contributed by atoms with van der Waals surface area (Å²) in [5, 5.41) is 15.4. The number of amides is 2. The first-order valence-electron chi connectivity index (χ1n) is 15.5. The van der Waals surface area contributed by atoms with Gasteiger partial charge in [0.05, 0.1) is 43.6 Å². The highest BCUT2D eigenvalue weighted by Crippen LogP contribution is 2.43. The number of aliphatic hydroxyl groups is 1. The third-order valence-corrected chi connectivity index (χ3v) is 8.83. The van der Waals surface area contributed by atoms with Crippen molar-refractivity contribution < 1.29 is 28.6 Å². The van der Waals surface area contributed by atoms with E-state index in [-0.39, 0.29) is 31.2 Å². The van der Waals surface area contributed by atoms with Crippen LogP contribution in [0.25, 0.3) is 16.9 Å². The van der Waals surface area contributed by atoms with Crippen molar-refractivity contribution in [1.29, 1.82) is 0 Å². The first-order chi connectivity index (χ1) is 21.7. The summed E-state index contributed by atoms with van der Waals surface area (Å²) in [6.07, 6.45) is 9.01. The van der Waals surface area contributed by atoms with Crippen molar-refractivity contribution >= 4 is 17.5 Å². The highest BCUT2D eigenvalue weighted by Gasteiger charge is 2.42. The predicted molar refractivity (Wildman–Crippen MR) is 166 cm³/mol. The lowest BCUT2D eigenvalue weighted by atomic mass is 9.81. The number of hydrogen-bond donors (Lipinski definition) is 3. The van der Waals surface area contributed by atoms with Gasteiger partial charge in [-0.25, -0.2) is 14.4 Å². The van der Waals surface area contributed by atoms with Gasteiger partial charge in [0.15, 0.2) is 11.4 Å². The number of ether oxygens (including phenoxy) is 2. The molecule has 2 aliphatic carbocycles. The van der Waals surface area contributed by atoms with E-state index in [0.29, 0.717) is 45.4 Å². The van der Waals surface area contributed by atoms with E-state index >= 15 is 0 Å². The second-order valence-electron chi connectivity index (χ2n) is 12.0. The predicted octanol–water partition coefficient (Wildman–Crippen LogP) is 4.66. The Hall–Kier alpha value is -4.51. The molecule has 45 heavy (non-hydrogen) atoms. The van der Waals surface area contributed by atoms with E-state index in [1.54, 1.807) is 37.6 Å². The highest BCUT2D eigenvalue weighted by molar-refractivity contribution is 5.95. The summed E-state index contributed by atoms with van der Waals surface area (Å²) >= 11 is 0. The number of rotatable bonds is 12. The average Bonchev–Trinajstić information content (AvgIpc) is 3.53. The van der Waals surface area contributed by atoms with Crippen LogP contribution in [-0.4, -0.2) is 51.6 Å². The quantitative estimate of drug-likeness (QED) is 0.211. The molecule has 0 aliphatic heterocycles. The van der Waals surface area contributed by atoms with Crippen molar-refractivity contribution in [3.63, 3.8) is 0 Å². The second-order valence-corrected chi connectivity index (χ2v) is 12.0. The first-order valence-corrected chi connectivity index (χ1v) is 15.5. The molecule has 2 fully saturated rings. The van der Waals surface area contributed by atoms with Gasteiger partial charge in [-0.1, -0.05) is 12.8 Å². The van der Waals surface area contributed by atoms with Crippen LogP contribution in [0.3, 0.4) is 0 Å². The number of imidazole rings is 1. The maximum absolute atomic E-state index is 13.9. The fraction of sp³-hybridized carbons (Fsp3) is 0.412. The molecule has 2 saturated carbocycles. The minimum absolute atomic E-state index is 0.131. The SMILES string of the molecule is CCOc1c(CC(N)=O)cc([C@@](O)(CNC(=O)c2cc(OC)c3nc(C4CC4)cn3c2)C2CCCC2)nc1-c1ccc(F)cc1. The van der Waals surface area contributed by atoms with Crippen LogP contribution in [0.5, 0.6) is 11.5 Å². The second kappa shape index (κ2) is 12.5. The monoisotopic (exact) mass is 615 g/mol. The number of methoxy groups -OCH3 is 1. The standard InChI is InChI=1S/C34H38FN5O5/c1-3-45-31-22(16-29(36)41)15-28(39-30(31)21-10-12-25(35)13-11-21)34(43,24-6-4-5-7-24)19-37-33(42)23-14-27(44-2)32-38-26(20-8-9-20)18-40(32)17-23/h10-15,17-18,20,24,43H,3-9,16,19H2,1-2H3,(H2,36,41)(H,37,42)/t34-/m1/s1. The van der Waals surface area contributed by atoms with Crippen LogP contribution >= 0.6 is 0 Å². The fourth-order valence-corrected chi connectivity index (χ4v) is 6.34. The Balaban J connectivity index is 1.38. The van der Waals surface area contributed by atoms with Crippen LogP contribution in [0.15, 0.2) is 48.8 Å². The number of nitrogens with zero attached hydrogens (tertiary/aromatic N) is 3. The number of aromatic nitrogens is 3. The van der Waals surface area contributed by atoms with E-state index in [9.17, 15) is 19.1 Å². The summed E-state index contributed by atoms with van der Waals surface area (Å²) in [7, 11) is 1.54. The van der Waals surface area contributed by atoms with Gasteiger partial charge in [-0.2, -0.15) is 0 Å². The molecule has 1 atom stereocenters. The van der Waals surface area contributed by atoms with Crippen LogP contribution in [-0.2, 0) is 16.8 Å². The molecule has 2 amide bonds. The molecule has 236 valence electrons. The zero-order valence-corrected chi connectivity index (χ0v) is 25.5. The zero-order valence-electron chi connectivity index (χ0n) is 25.5. The Morgan fingerprint density at radius 3 is 2.49 bits per heavy atom. The molecule has 6 rings (SSSR count). The van der Waals surface area contributed by atoms with E-state index in [1.807, 2.05) is 17.5 Å². The lowest BCUT2D eigenvalue weighted by Gasteiger charge is -2.35. The molecule has 0 unspecified atom stereocenters. The summed E-state index contributed by atoms with van der Waals surface area (Å²) < 4.78 is 27.2. The number of nitrogens with two attached hydrogens (primary N) is 1. The third-order valence-electron chi connectivity index (χ3n) is 8.83. The van der Waals surface area contributed by atoms with E-state index in [4.69, 9.17) is 25.2 Å². The molecule has 10 nitrogen and oxygen atoms in total. The van der Waals surface area contributed by atoms with Crippen LogP contribution < -0.4 is 20.5 Å². The summed E-state index contributed by atoms with van der Waals surface area (Å²) in [6.45, 7) is 1.97. The van der Waals surface area contributed by atoms with Gasteiger partial charge in [0.25, 0.3) is 5.91 Å². The van der Waals surface area contributed by atoms with Crippen LogP contribution in [0.4, 0.5) is 4.39 Å². The number of fused-ring (bicyclic) bond motifs is 1. The molecule has 0 saturated heterocycles. The minimum Gasteiger partial charge on any atom is -0.493 e. The molecular formula is C34H38FN5O5. The maximum Gasteiger partial charge on any atom is 0.253 e. The van der Waals surface area contributed by atoms with Crippen molar-refractivity contribution in [1.82, 2.24) is 19.7 Å². The van der Waals surface area contributed by atoms with Gasteiger partial charge >= 0.3 is 0 Å². The number of pyridine rings is 2. The Labute approximate surface area is 260 Å². The largest absolute Gasteiger partial charge is 0.493 e. The summed E-state index contributed by atoms with van der Waals surface area (Å²) in [6, 6.07) is 9.07. The van der Waals surface area contributed by atoms with E-state index < -0.39 is 23.2 Å². The molecule has 2 aliphatic rings. The molecule has 0 radical (unpaired) electrons.